The molecule has 2 aromatic rings. The molecule has 7 heteroatoms. The molecule has 0 atom stereocenters. The predicted octanol–water partition coefficient (Wildman–Crippen LogP) is 1.37. The number of nitrogens with zero attached hydrogens (tertiary/aromatic N) is 2. The van der Waals surface area contributed by atoms with Crippen molar-refractivity contribution in [3.8, 4) is 5.88 Å². The molecule has 0 aliphatic carbocycles. The average Bonchev–Trinajstić information content (AvgIpc) is 2.48. The highest BCUT2D eigenvalue weighted by Gasteiger charge is 2.08. The van der Waals surface area contributed by atoms with Crippen molar-refractivity contribution in [2.75, 3.05) is 12.4 Å². The van der Waals surface area contributed by atoms with E-state index in [0.717, 1.165) is 0 Å². The first-order valence-corrected chi connectivity index (χ1v) is 6.08. The van der Waals surface area contributed by atoms with Gasteiger partial charge in [-0.3, -0.25) is 9.78 Å². The van der Waals surface area contributed by atoms with Gasteiger partial charge in [-0.15, -0.1) is 0 Å². The number of rotatable bonds is 4. The van der Waals surface area contributed by atoms with E-state index in [1.54, 1.807) is 24.3 Å². The molecule has 3 N–H and O–H groups in total. The van der Waals surface area contributed by atoms with Crippen LogP contribution in [0.25, 0.3) is 0 Å². The lowest BCUT2D eigenvalue weighted by molar-refractivity contribution is 0.102. The van der Waals surface area contributed by atoms with Crippen LogP contribution in [-0.2, 0) is 0 Å². The topological polar surface area (TPSA) is 90.1 Å². The quantitative estimate of drug-likeness (QED) is 0.826. The summed E-state index contributed by atoms with van der Waals surface area (Å²) in [5.74, 6) is 0.133. The van der Waals surface area contributed by atoms with Crippen LogP contribution in [0.2, 0.25) is 0 Å². The van der Waals surface area contributed by atoms with Gasteiger partial charge in [0.1, 0.15) is 10.7 Å². The molecule has 0 unspecified atom stereocenters. The number of thiocarbonyl (C=S) groups is 1. The highest BCUT2D eigenvalue weighted by atomic mass is 32.1. The fourth-order valence-corrected chi connectivity index (χ4v) is 1.56. The lowest BCUT2D eigenvalue weighted by atomic mass is 10.2. The van der Waals surface area contributed by atoms with Gasteiger partial charge < -0.3 is 15.8 Å². The number of methoxy groups -OCH3 is 1. The molecule has 2 aromatic heterocycles. The van der Waals surface area contributed by atoms with Gasteiger partial charge in [0.15, 0.2) is 0 Å². The van der Waals surface area contributed by atoms with Crippen molar-refractivity contribution in [1.29, 1.82) is 0 Å². The van der Waals surface area contributed by atoms with Gasteiger partial charge in [0.05, 0.1) is 19.0 Å². The Labute approximate surface area is 121 Å². The molecule has 0 spiro atoms. The lowest BCUT2D eigenvalue weighted by Gasteiger charge is -2.05. The first-order chi connectivity index (χ1) is 9.60. The van der Waals surface area contributed by atoms with E-state index < -0.39 is 0 Å². The van der Waals surface area contributed by atoms with Crippen LogP contribution in [0.15, 0.2) is 36.7 Å². The number of aromatic nitrogens is 2. The number of amides is 1. The van der Waals surface area contributed by atoms with Crippen LogP contribution in [0.5, 0.6) is 5.88 Å². The molecule has 0 aliphatic rings. The Kier molecular flexibility index (Phi) is 4.21. The molecule has 20 heavy (non-hydrogen) atoms. The number of hydrogen-bond acceptors (Lipinski definition) is 5. The molecule has 2 rings (SSSR count). The predicted molar refractivity (Wildman–Crippen MR) is 78.9 cm³/mol. The third-order valence-electron chi connectivity index (χ3n) is 2.48. The van der Waals surface area contributed by atoms with Crippen molar-refractivity contribution in [2.24, 2.45) is 5.73 Å². The standard InChI is InChI=1S/C13H12N4O2S/c1-19-11-5-3-9(7-16-11)17-13(18)10-4-2-8(6-15-10)12(14)20/h2-7H,1H3,(H2,14,20)(H,17,18). The second kappa shape index (κ2) is 6.07. The second-order valence-corrected chi connectivity index (χ2v) is 4.28. The van der Waals surface area contributed by atoms with Crippen molar-refractivity contribution in [1.82, 2.24) is 9.97 Å². The van der Waals surface area contributed by atoms with Gasteiger partial charge in [-0.25, -0.2) is 4.98 Å². The zero-order chi connectivity index (χ0) is 14.5. The summed E-state index contributed by atoms with van der Waals surface area (Å²) in [5, 5.41) is 2.67. The monoisotopic (exact) mass is 288 g/mol. The van der Waals surface area contributed by atoms with Crippen LogP contribution >= 0.6 is 12.2 Å². The molecule has 0 saturated heterocycles. The third-order valence-corrected chi connectivity index (χ3v) is 2.72. The van der Waals surface area contributed by atoms with Gasteiger partial charge in [0.25, 0.3) is 5.91 Å². The van der Waals surface area contributed by atoms with Crippen molar-refractivity contribution < 1.29 is 9.53 Å². The van der Waals surface area contributed by atoms with Gasteiger partial charge in [-0.1, -0.05) is 12.2 Å². The summed E-state index contributed by atoms with van der Waals surface area (Å²) in [6, 6.07) is 6.55. The Balaban J connectivity index is 2.08. The van der Waals surface area contributed by atoms with Gasteiger partial charge in [0, 0.05) is 17.8 Å². The Morgan fingerprint density at radius 2 is 2.05 bits per heavy atom. The maximum Gasteiger partial charge on any atom is 0.274 e. The Morgan fingerprint density at radius 1 is 1.25 bits per heavy atom. The Bertz CT molecular complexity index is 626. The van der Waals surface area contributed by atoms with E-state index in [-0.39, 0.29) is 16.6 Å². The van der Waals surface area contributed by atoms with Crippen LogP contribution in [0.1, 0.15) is 16.1 Å². The van der Waals surface area contributed by atoms with E-state index in [0.29, 0.717) is 17.1 Å². The molecule has 0 aromatic carbocycles. The molecule has 1 amide bonds. The highest BCUT2D eigenvalue weighted by molar-refractivity contribution is 7.80. The van der Waals surface area contributed by atoms with Crippen LogP contribution in [-0.4, -0.2) is 28.0 Å². The SMILES string of the molecule is COc1ccc(NC(=O)c2ccc(C(N)=S)cn2)cn1. The molecule has 0 saturated carbocycles. The van der Waals surface area contributed by atoms with E-state index in [1.165, 1.54) is 19.5 Å². The largest absolute Gasteiger partial charge is 0.481 e. The number of anilines is 1. The number of carbonyl (C=O) groups is 1. The number of carbonyl (C=O) groups excluding carboxylic acids is 1. The average molecular weight is 288 g/mol. The molecule has 0 aliphatic heterocycles. The van der Waals surface area contributed by atoms with E-state index >= 15 is 0 Å². The summed E-state index contributed by atoms with van der Waals surface area (Å²) in [6.45, 7) is 0. The molecule has 0 radical (unpaired) electrons. The van der Waals surface area contributed by atoms with Crippen molar-refractivity contribution >= 4 is 28.8 Å². The maximum atomic E-state index is 12.0. The molecule has 0 bridgehead atoms. The maximum absolute atomic E-state index is 12.0. The van der Waals surface area contributed by atoms with Gasteiger partial charge in [-0.05, 0) is 18.2 Å². The van der Waals surface area contributed by atoms with Gasteiger partial charge in [0.2, 0.25) is 5.88 Å². The summed E-state index contributed by atoms with van der Waals surface area (Å²) >= 11 is 4.82. The molecular formula is C13H12N4O2S. The molecule has 102 valence electrons. The van der Waals surface area contributed by atoms with Crippen molar-refractivity contribution in [2.45, 2.75) is 0 Å². The minimum Gasteiger partial charge on any atom is -0.481 e. The third kappa shape index (κ3) is 3.27. The number of nitrogens with one attached hydrogen (secondary N) is 1. The molecule has 6 nitrogen and oxygen atoms in total. The minimum absolute atomic E-state index is 0.240. The van der Waals surface area contributed by atoms with Crippen LogP contribution in [0.3, 0.4) is 0 Å². The molecule has 0 fully saturated rings. The first kappa shape index (κ1) is 13.9. The Hall–Kier alpha value is -2.54. The fourth-order valence-electron chi connectivity index (χ4n) is 1.44. The molecular weight excluding hydrogens is 276 g/mol. The zero-order valence-electron chi connectivity index (χ0n) is 10.7. The smallest absolute Gasteiger partial charge is 0.274 e. The zero-order valence-corrected chi connectivity index (χ0v) is 11.5. The van der Waals surface area contributed by atoms with E-state index in [2.05, 4.69) is 15.3 Å². The lowest BCUT2D eigenvalue weighted by Crippen LogP contribution is -2.15. The summed E-state index contributed by atoms with van der Waals surface area (Å²) in [6.07, 6.45) is 2.96. The molecule has 2 heterocycles. The number of hydrogen-bond donors (Lipinski definition) is 2. The number of pyridine rings is 2. The summed E-state index contributed by atoms with van der Waals surface area (Å²) in [5.41, 5.74) is 6.89. The first-order valence-electron chi connectivity index (χ1n) is 5.67. The number of ether oxygens (including phenoxy) is 1. The summed E-state index contributed by atoms with van der Waals surface area (Å²) < 4.78 is 4.93. The number of nitrogens with two attached hydrogens (primary N) is 1. The fraction of sp³-hybridized carbons (Fsp3) is 0.0769. The summed E-state index contributed by atoms with van der Waals surface area (Å²) in [4.78, 5) is 20.2. The van der Waals surface area contributed by atoms with Crippen molar-refractivity contribution in [3.63, 3.8) is 0 Å². The van der Waals surface area contributed by atoms with Gasteiger partial charge >= 0.3 is 0 Å². The van der Waals surface area contributed by atoms with Crippen molar-refractivity contribution in [3.05, 3.63) is 47.9 Å². The Morgan fingerprint density at radius 3 is 2.55 bits per heavy atom. The van der Waals surface area contributed by atoms with Crippen LogP contribution in [0.4, 0.5) is 5.69 Å². The van der Waals surface area contributed by atoms with Crippen LogP contribution in [0, 0.1) is 0 Å². The normalized spacial score (nSPS) is 9.85. The van der Waals surface area contributed by atoms with E-state index in [4.69, 9.17) is 22.7 Å². The minimum atomic E-state index is -0.341. The second-order valence-electron chi connectivity index (χ2n) is 3.84. The highest BCUT2D eigenvalue weighted by Crippen LogP contribution is 2.12. The van der Waals surface area contributed by atoms with E-state index in [9.17, 15) is 4.79 Å². The summed E-state index contributed by atoms with van der Waals surface area (Å²) in [7, 11) is 1.52. The van der Waals surface area contributed by atoms with Gasteiger partial charge in [-0.2, -0.15) is 0 Å². The van der Waals surface area contributed by atoms with Crippen LogP contribution < -0.4 is 15.8 Å². The van der Waals surface area contributed by atoms with E-state index in [1.807, 2.05) is 0 Å².